The van der Waals surface area contributed by atoms with E-state index in [0.29, 0.717) is 11.0 Å². The lowest BCUT2D eigenvalue weighted by atomic mass is 10.2. The fraction of sp³-hybridized carbons (Fsp3) is 0.500. The molecule has 0 saturated heterocycles. The molecule has 0 unspecified atom stereocenters. The Hall–Kier alpha value is -0.750. The van der Waals surface area contributed by atoms with Gasteiger partial charge in [0.15, 0.2) is 0 Å². The van der Waals surface area contributed by atoms with Gasteiger partial charge in [-0.3, -0.25) is 0 Å². The molecule has 0 aliphatic carbocycles. The molecule has 0 radical (unpaired) electrons. The lowest BCUT2D eigenvalue weighted by molar-refractivity contribution is -0.139. The molecule has 0 aliphatic rings. The lowest BCUT2D eigenvalue weighted by Crippen LogP contribution is -2.22. The van der Waals surface area contributed by atoms with Crippen molar-refractivity contribution in [3.8, 4) is 5.75 Å². The summed E-state index contributed by atoms with van der Waals surface area (Å²) in [6.45, 7) is 3.59. The van der Waals surface area contributed by atoms with E-state index in [1.165, 1.54) is 12.1 Å². The highest BCUT2D eigenvalue weighted by Crippen LogP contribution is 2.37. The van der Waals surface area contributed by atoms with Gasteiger partial charge in [-0.05, 0) is 31.2 Å². The van der Waals surface area contributed by atoms with Crippen LogP contribution in [-0.2, 0) is 6.18 Å². The van der Waals surface area contributed by atoms with Crippen molar-refractivity contribution in [2.24, 2.45) is 0 Å². The maximum Gasteiger partial charge on any atom is 0.420 e. The summed E-state index contributed by atoms with van der Waals surface area (Å²) in [7, 11) is 0. The molecule has 6 heteroatoms. The molecule has 2 nitrogen and oxygen atoms in total. The van der Waals surface area contributed by atoms with Gasteiger partial charge in [0.2, 0.25) is 0 Å². The predicted octanol–water partition coefficient (Wildman–Crippen LogP) is 3.85. The van der Waals surface area contributed by atoms with Crippen molar-refractivity contribution in [2.75, 3.05) is 19.7 Å². The molecule has 0 aromatic heterocycles. The average molecular weight is 326 g/mol. The average Bonchev–Trinajstić information content (AvgIpc) is 2.29. The minimum atomic E-state index is -4.41. The summed E-state index contributed by atoms with van der Waals surface area (Å²) in [5.74, 6) is -0.135. The van der Waals surface area contributed by atoms with Crippen LogP contribution in [0, 0.1) is 0 Å². The Kier molecular flexibility index (Phi) is 5.95. The van der Waals surface area contributed by atoms with E-state index in [9.17, 15) is 13.2 Å². The molecule has 0 heterocycles. The van der Waals surface area contributed by atoms with Crippen LogP contribution in [0.1, 0.15) is 18.9 Å². The molecule has 1 N–H and O–H groups in total. The Bertz CT molecular complexity index is 382. The second-order valence-electron chi connectivity index (χ2n) is 3.74. The molecule has 1 rings (SSSR count). The molecule has 0 spiro atoms. The van der Waals surface area contributed by atoms with Gasteiger partial charge in [0, 0.05) is 11.0 Å². The third-order valence-corrected chi connectivity index (χ3v) is 2.70. The topological polar surface area (TPSA) is 21.3 Å². The Labute approximate surface area is 113 Å². The molecular formula is C12H15BrF3NO. The highest BCUT2D eigenvalue weighted by Gasteiger charge is 2.34. The van der Waals surface area contributed by atoms with Crippen molar-refractivity contribution in [1.29, 1.82) is 0 Å². The minimum absolute atomic E-state index is 0.135. The van der Waals surface area contributed by atoms with Crippen LogP contribution in [0.3, 0.4) is 0 Å². The summed E-state index contributed by atoms with van der Waals surface area (Å²) in [4.78, 5) is 0. The summed E-state index contributed by atoms with van der Waals surface area (Å²) in [6.07, 6.45) is -3.43. The summed E-state index contributed by atoms with van der Waals surface area (Å²) >= 11 is 3.02. The van der Waals surface area contributed by atoms with E-state index in [0.717, 1.165) is 19.0 Å². The molecule has 1 aromatic carbocycles. The van der Waals surface area contributed by atoms with E-state index in [1.54, 1.807) is 0 Å². The van der Waals surface area contributed by atoms with E-state index in [4.69, 9.17) is 4.74 Å². The second-order valence-corrected chi connectivity index (χ2v) is 4.65. The van der Waals surface area contributed by atoms with Crippen molar-refractivity contribution in [3.63, 3.8) is 0 Å². The first-order valence-electron chi connectivity index (χ1n) is 5.65. The first-order chi connectivity index (χ1) is 8.45. The fourth-order valence-corrected chi connectivity index (χ4v) is 1.75. The zero-order valence-electron chi connectivity index (χ0n) is 9.98. The first kappa shape index (κ1) is 15.3. The second kappa shape index (κ2) is 6.99. The van der Waals surface area contributed by atoms with Crippen LogP contribution in [0.5, 0.6) is 5.75 Å². The van der Waals surface area contributed by atoms with Crippen LogP contribution >= 0.6 is 15.9 Å². The van der Waals surface area contributed by atoms with Gasteiger partial charge in [0.1, 0.15) is 12.4 Å². The molecule has 0 bridgehead atoms. The van der Waals surface area contributed by atoms with Crippen LogP contribution < -0.4 is 10.1 Å². The summed E-state index contributed by atoms with van der Waals surface area (Å²) in [5, 5.41) is 3.06. The van der Waals surface area contributed by atoms with Crippen molar-refractivity contribution >= 4 is 15.9 Å². The molecule has 1 aromatic rings. The Morgan fingerprint density at radius 1 is 1.28 bits per heavy atom. The van der Waals surface area contributed by atoms with E-state index in [1.807, 2.05) is 6.92 Å². The van der Waals surface area contributed by atoms with Gasteiger partial charge in [-0.15, -0.1) is 0 Å². The Balaban J connectivity index is 2.65. The molecule has 0 saturated carbocycles. The summed E-state index contributed by atoms with van der Waals surface area (Å²) < 4.78 is 43.8. The van der Waals surface area contributed by atoms with E-state index in [2.05, 4.69) is 21.2 Å². The molecule has 0 amide bonds. The van der Waals surface area contributed by atoms with Gasteiger partial charge in [-0.2, -0.15) is 13.2 Å². The van der Waals surface area contributed by atoms with Crippen molar-refractivity contribution in [2.45, 2.75) is 19.5 Å². The number of ether oxygens (including phenoxy) is 1. The number of alkyl halides is 3. The first-order valence-corrected chi connectivity index (χ1v) is 6.44. The third kappa shape index (κ3) is 4.86. The van der Waals surface area contributed by atoms with Crippen LogP contribution in [0.2, 0.25) is 0 Å². The molecular weight excluding hydrogens is 311 g/mol. The Morgan fingerprint density at radius 3 is 2.61 bits per heavy atom. The van der Waals surface area contributed by atoms with Crippen molar-refractivity contribution in [1.82, 2.24) is 5.32 Å². The Morgan fingerprint density at radius 2 is 2.00 bits per heavy atom. The minimum Gasteiger partial charge on any atom is -0.492 e. The van der Waals surface area contributed by atoms with E-state index >= 15 is 0 Å². The number of benzene rings is 1. The predicted molar refractivity (Wildman–Crippen MR) is 67.8 cm³/mol. The quantitative estimate of drug-likeness (QED) is 0.802. The van der Waals surface area contributed by atoms with Crippen LogP contribution in [0.15, 0.2) is 22.7 Å². The highest BCUT2D eigenvalue weighted by atomic mass is 79.9. The van der Waals surface area contributed by atoms with E-state index < -0.39 is 11.7 Å². The number of hydrogen-bond donors (Lipinski definition) is 1. The lowest BCUT2D eigenvalue weighted by Gasteiger charge is -2.14. The van der Waals surface area contributed by atoms with E-state index in [-0.39, 0.29) is 12.4 Å². The monoisotopic (exact) mass is 325 g/mol. The zero-order valence-corrected chi connectivity index (χ0v) is 11.6. The number of hydrogen-bond acceptors (Lipinski definition) is 2. The molecule has 0 aliphatic heterocycles. The molecule has 0 atom stereocenters. The van der Waals surface area contributed by atoms with Gasteiger partial charge >= 0.3 is 6.18 Å². The standard InChI is InChI=1S/C12H15BrF3NO/c1-2-5-17-6-7-18-11-4-3-9(13)8-10(11)12(14,15)16/h3-4,8,17H,2,5-7H2,1H3. The van der Waals surface area contributed by atoms with Crippen molar-refractivity contribution in [3.05, 3.63) is 28.2 Å². The molecule has 0 fully saturated rings. The van der Waals surface area contributed by atoms with Gasteiger partial charge in [0.05, 0.1) is 5.56 Å². The maximum atomic E-state index is 12.7. The summed E-state index contributed by atoms with van der Waals surface area (Å²) in [5.41, 5.74) is -0.757. The van der Waals surface area contributed by atoms with Gasteiger partial charge in [-0.25, -0.2) is 0 Å². The fourth-order valence-electron chi connectivity index (χ4n) is 1.38. The largest absolute Gasteiger partial charge is 0.492 e. The SMILES string of the molecule is CCCNCCOc1ccc(Br)cc1C(F)(F)F. The molecule has 18 heavy (non-hydrogen) atoms. The molecule has 102 valence electrons. The van der Waals surface area contributed by atoms with Crippen LogP contribution in [0.25, 0.3) is 0 Å². The highest BCUT2D eigenvalue weighted by molar-refractivity contribution is 9.10. The zero-order chi connectivity index (χ0) is 13.6. The number of halogens is 4. The van der Waals surface area contributed by atoms with Gasteiger partial charge in [0.25, 0.3) is 0 Å². The van der Waals surface area contributed by atoms with Crippen LogP contribution in [-0.4, -0.2) is 19.7 Å². The number of nitrogens with one attached hydrogen (secondary N) is 1. The van der Waals surface area contributed by atoms with Gasteiger partial charge in [-0.1, -0.05) is 22.9 Å². The normalized spacial score (nSPS) is 11.6. The maximum absolute atomic E-state index is 12.7. The van der Waals surface area contributed by atoms with Crippen LogP contribution in [0.4, 0.5) is 13.2 Å². The third-order valence-electron chi connectivity index (χ3n) is 2.21. The number of rotatable bonds is 6. The smallest absolute Gasteiger partial charge is 0.420 e. The van der Waals surface area contributed by atoms with Gasteiger partial charge < -0.3 is 10.1 Å². The van der Waals surface area contributed by atoms with Crippen molar-refractivity contribution < 1.29 is 17.9 Å². The summed E-state index contributed by atoms with van der Waals surface area (Å²) in [6, 6.07) is 3.88.